The number of rotatable bonds is 1. The van der Waals surface area contributed by atoms with Crippen molar-refractivity contribution in [2.24, 2.45) is 11.8 Å². The number of likely N-dealkylation sites (tertiary alicyclic amines) is 1. The number of fused-ring (bicyclic) bond motifs is 1. The minimum atomic E-state index is -0.897. The topological polar surface area (TPSA) is 60.8 Å². The normalized spacial score (nSPS) is 33.0. The number of hydrogen-bond donors (Lipinski definition) is 2. The molecule has 0 spiro atoms. The Kier molecular flexibility index (Phi) is 3.38. The van der Waals surface area contributed by atoms with Crippen molar-refractivity contribution >= 4 is 6.09 Å². The first-order chi connectivity index (χ1) is 9.56. The molecule has 1 amide bonds. The first-order valence-corrected chi connectivity index (χ1v) is 6.97. The molecule has 108 valence electrons. The number of amides is 1. The number of carboxylic acid groups (broad SMARTS) is 1. The molecular weight excluding hydrogens is 261 g/mol. The van der Waals surface area contributed by atoms with Crippen molar-refractivity contribution in [2.75, 3.05) is 13.1 Å². The van der Waals surface area contributed by atoms with Crippen LogP contribution in [-0.2, 0) is 0 Å². The molecule has 0 bridgehead atoms. The standard InChI is InChI=1S/C15H18FNO3/c16-11-4-1-9(2-5-11)14-12-8-17(15(19)20)7-10(12)3-6-13(14)18/h1-2,4-5,10,12-14,18H,3,6-8H2,(H,19,20)/t10-,12+,13+,14-/m1/s1. The second-order valence-electron chi connectivity index (χ2n) is 5.83. The van der Waals surface area contributed by atoms with Crippen LogP contribution >= 0.6 is 0 Å². The van der Waals surface area contributed by atoms with Gasteiger partial charge in [0.2, 0.25) is 0 Å². The molecule has 2 N–H and O–H groups in total. The van der Waals surface area contributed by atoms with Gasteiger partial charge in [0.05, 0.1) is 6.10 Å². The zero-order chi connectivity index (χ0) is 14.3. The van der Waals surface area contributed by atoms with Crippen LogP contribution in [0.2, 0.25) is 0 Å². The molecule has 4 atom stereocenters. The van der Waals surface area contributed by atoms with E-state index in [2.05, 4.69) is 0 Å². The fourth-order valence-corrected chi connectivity index (χ4v) is 3.77. The molecule has 1 aliphatic carbocycles. The third kappa shape index (κ3) is 2.26. The third-order valence-electron chi connectivity index (χ3n) is 4.73. The highest BCUT2D eigenvalue weighted by atomic mass is 19.1. The lowest BCUT2D eigenvalue weighted by molar-refractivity contribution is 0.0590. The van der Waals surface area contributed by atoms with Crippen LogP contribution in [0.4, 0.5) is 9.18 Å². The average Bonchev–Trinajstić information content (AvgIpc) is 2.84. The fourth-order valence-electron chi connectivity index (χ4n) is 3.77. The number of hydrogen-bond acceptors (Lipinski definition) is 2. The van der Waals surface area contributed by atoms with Crippen molar-refractivity contribution in [3.63, 3.8) is 0 Å². The maximum Gasteiger partial charge on any atom is 0.407 e. The van der Waals surface area contributed by atoms with Gasteiger partial charge in [-0.1, -0.05) is 12.1 Å². The van der Waals surface area contributed by atoms with Crippen molar-refractivity contribution in [1.29, 1.82) is 0 Å². The van der Waals surface area contributed by atoms with Gasteiger partial charge in [-0.25, -0.2) is 9.18 Å². The summed E-state index contributed by atoms with van der Waals surface area (Å²) in [6.45, 7) is 1.00. The van der Waals surface area contributed by atoms with Crippen molar-refractivity contribution < 1.29 is 19.4 Å². The maximum absolute atomic E-state index is 13.0. The molecule has 20 heavy (non-hydrogen) atoms. The second kappa shape index (κ2) is 5.05. The monoisotopic (exact) mass is 279 g/mol. The zero-order valence-electron chi connectivity index (χ0n) is 11.1. The van der Waals surface area contributed by atoms with Crippen LogP contribution in [0.3, 0.4) is 0 Å². The van der Waals surface area contributed by atoms with Gasteiger partial charge in [-0.15, -0.1) is 0 Å². The molecule has 2 fully saturated rings. The van der Waals surface area contributed by atoms with Crippen LogP contribution in [0, 0.1) is 17.7 Å². The lowest BCUT2D eigenvalue weighted by atomic mass is 9.69. The van der Waals surface area contributed by atoms with E-state index in [-0.39, 0.29) is 17.7 Å². The van der Waals surface area contributed by atoms with Crippen LogP contribution in [0.15, 0.2) is 24.3 Å². The van der Waals surface area contributed by atoms with Gasteiger partial charge in [-0.3, -0.25) is 0 Å². The van der Waals surface area contributed by atoms with Gasteiger partial charge in [0.15, 0.2) is 0 Å². The van der Waals surface area contributed by atoms with Crippen molar-refractivity contribution in [3.05, 3.63) is 35.6 Å². The van der Waals surface area contributed by atoms with Crippen LogP contribution in [0.1, 0.15) is 24.3 Å². The highest BCUT2D eigenvalue weighted by Crippen LogP contribution is 2.45. The van der Waals surface area contributed by atoms with E-state index in [1.54, 1.807) is 12.1 Å². The SMILES string of the molecule is O=C(O)N1C[C@H]2CC[C@H](O)[C@H](c3ccc(F)cc3)[C@H]2C1. The molecule has 0 aromatic heterocycles. The summed E-state index contributed by atoms with van der Waals surface area (Å²) in [4.78, 5) is 12.6. The van der Waals surface area contributed by atoms with Gasteiger partial charge in [0.25, 0.3) is 0 Å². The quantitative estimate of drug-likeness (QED) is 0.829. The molecule has 1 heterocycles. The van der Waals surface area contributed by atoms with Gasteiger partial charge in [0.1, 0.15) is 5.82 Å². The summed E-state index contributed by atoms with van der Waals surface area (Å²) >= 11 is 0. The van der Waals surface area contributed by atoms with Crippen molar-refractivity contribution in [1.82, 2.24) is 4.90 Å². The Morgan fingerprint density at radius 2 is 1.90 bits per heavy atom. The molecule has 1 aliphatic heterocycles. The number of benzene rings is 1. The summed E-state index contributed by atoms with van der Waals surface area (Å²) in [5.74, 6) is 0.0257. The second-order valence-corrected chi connectivity index (χ2v) is 5.83. The van der Waals surface area contributed by atoms with E-state index >= 15 is 0 Å². The van der Waals surface area contributed by atoms with Gasteiger partial charge >= 0.3 is 6.09 Å². The molecule has 1 aromatic carbocycles. The Hall–Kier alpha value is -1.62. The maximum atomic E-state index is 13.0. The molecule has 0 unspecified atom stereocenters. The molecule has 4 nitrogen and oxygen atoms in total. The van der Waals surface area contributed by atoms with Gasteiger partial charge in [-0.2, -0.15) is 0 Å². The predicted molar refractivity (Wildman–Crippen MR) is 71.0 cm³/mol. The van der Waals surface area contributed by atoms with Crippen molar-refractivity contribution in [3.8, 4) is 0 Å². The summed E-state index contributed by atoms with van der Waals surface area (Å²) < 4.78 is 13.0. The highest BCUT2D eigenvalue weighted by molar-refractivity contribution is 5.65. The molecule has 5 heteroatoms. The van der Waals surface area contributed by atoms with E-state index in [9.17, 15) is 14.3 Å². The van der Waals surface area contributed by atoms with Crippen LogP contribution in [0.5, 0.6) is 0 Å². The molecule has 1 aromatic rings. The van der Waals surface area contributed by atoms with Gasteiger partial charge < -0.3 is 15.1 Å². The molecule has 2 aliphatic rings. The molecule has 3 rings (SSSR count). The minimum Gasteiger partial charge on any atom is -0.465 e. The number of aliphatic hydroxyl groups is 1. The Balaban J connectivity index is 1.88. The van der Waals surface area contributed by atoms with Gasteiger partial charge in [-0.05, 0) is 42.4 Å². The number of aliphatic hydroxyl groups excluding tert-OH is 1. The van der Waals surface area contributed by atoms with Crippen LogP contribution < -0.4 is 0 Å². The minimum absolute atomic E-state index is 0.0984. The first-order valence-electron chi connectivity index (χ1n) is 6.97. The van der Waals surface area contributed by atoms with Crippen LogP contribution in [0.25, 0.3) is 0 Å². The molecule has 1 saturated heterocycles. The molecule has 1 saturated carbocycles. The van der Waals surface area contributed by atoms with Gasteiger partial charge in [0, 0.05) is 19.0 Å². The largest absolute Gasteiger partial charge is 0.465 e. The Labute approximate surface area is 116 Å². The number of nitrogens with zero attached hydrogens (tertiary/aromatic N) is 1. The smallest absolute Gasteiger partial charge is 0.407 e. The van der Waals surface area contributed by atoms with E-state index in [4.69, 9.17) is 5.11 Å². The van der Waals surface area contributed by atoms with Crippen LogP contribution in [-0.4, -0.2) is 40.4 Å². The van der Waals surface area contributed by atoms with E-state index in [0.717, 1.165) is 12.0 Å². The summed E-state index contributed by atoms with van der Waals surface area (Å²) in [7, 11) is 0. The first kappa shape index (κ1) is 13.4. The Morgan fingerprint density at radius 1 is 1.20 bits per heavy atom. The van der Waals surface area contributed by atoms with E-state index < -0.39 is 12.2 Å². The van der Waals surface area contributed by atoms with E-state index in [0.29, 0.717) is 25.4 Å². The third-order valence-corrected chi connectivity index (χ3v) is 4.73. The Morgan fingerprint density at radius 3 is 2.55 bits per heavy atom. The zero-order valence-corrected chi connectivity index (χ0v) is 11.1. The average molecular weight is 279 g/mol. The predicted octanol–water partition coefficient (Wildman–Crippen LogP) is 2.29. The number of halogens is 1. The summed E-state index contributed by atoms with van der Waals surface area (Å²) in [5.41, 5.74) is 0.904. The summed E-state index contributed by atoms with van der Waals surface area (Å²) in [6.07, 6.45) is 0.159. The van der Waals surface area contributed by atoms with Crippen molar-refractivity contribution in [2.45, 2.75) is 24.9 Å². The lowest BCUT2D eigenvalue weighted by Crippen LogP contribution is -2.35. The highest BCUT2D eigenvalue weighted by Gasteiger charge is 2.45. The summed E-state index contributed by atoms with van der Waals surface area (Å²) in [6, 6.07) is 6.20. The lowest BCUT2D eigenvalue weighted by Gasteiger charge is -2.37. The van der Waals surface area contributed by atoms with E-state index in [1.165, 1.54) is 17.0 Å². The molecule has 0 radical (unpaired) electrons. The molecular formula is C15H18FNO3. The summed E-state index contributed by atoms with van der Waals surface area (Å²) in [5, 5.41) is 19.4. The number of carbonyl (C=O) groups is 1. The Bertz CT molecular complexity index is 504. The fraction of sp³-hybridized carbons (Fsp3) is 0.533. The van der Waals surface area contributed by atoms with E-state index in [1.807, 2.05) is 0 Å².